The van der Waals surface area contributed by atoms with Crippen LogP contribution in [-0.2, 0) is 6.42 Å². The zero-order valence-electron chi connectivity index (χ0n) is 12.7. The standard InChI is InChI=1S/C16H25NO2/c1-10-8-13(18-4)15(19-5)14-11(10)6-7-16(2,3)9-12(14)17/h8,12H,6-7,9,17H2,1-5H3. The molecule has 1 aliphatic rings. The van der Waals surface area contributed by atoms with E-state index < -0.39 is 0 Å². The van der Waals surface area contributed by atoms with Crippen LogP contribution in [-0.4, -0.2) is 14.2 Å². The summed E-state index contributed by atoms with van der Waals surface area (Å²) in [6, 6.07) is 2.07. The van der Waals surface area contributed by atoms with E-state index in [1.165, 1.54) is 11.1 Å². The molecule has 0 amide bonds. The predicted octanol–water partition coefficient (Wildman–Crippen LogP) is 3.37. The molecule has 0 aromatic heterocycles. The molecular formula is C16H25NO2. The zero-order chi connectivity index (χ0) is 14.2. The molecule has 0 aliphatic heterocycles. The highest BCUT2D eigenvalue weighted by atomic mass is 16.5. The molecule has 106 valence electrons. The van der Waals surface area contributed by atoms with Gasteiger partial charge in [-0.3, -0.25) is 0 Å². The summed E-state index contributed by atoms with van der Waals surface area (Å²) in [6.45, 7) is 6.71. The van der Waals surface area contributed by atoms with Crippen molar-refractivity contribution in [2.45, 2.75) is 46.1 Å². The number of hydrogen-bond acceptors (Lipinski definition) is 3. The Bertz CT molecular complexity index is 480. The Morgan fingerprint density at radius 2 is 1.95 bits per heavy atom. The third-order valence-corrected chi connectivity index (χ3v) is 4.24. The van der Waals surface area contributed by atoms with E-state index in [-0.39, 0.29) is 11.5 Å². The summed E-state index contributed by atoms with van der Waals surface area (Å²) in [5, 5.41) is 0. The molecule has 1 aliphatic carbocycles. The lowest BCUT2D eigenvalue weighted by Crippen LogP contribution is -2.20. The first-order chi connectivity index (χ1) is 8.89. The third kappa shape index (κ3) is 2.57. The molecule has 1 atom stereocenters. The SMILES string of the molecule is COc1cc(C)c2c(c1OC)C(N)CC(C)(C)CC2. The van der Waals surface area contributed by atoms with E-state index in [9.17, 15) is 0 Å². The van der Waals surface area contributed by atoms with Crippen LogP contribution in [0.15, 0.2) is 6.07 Å². The van der Waals surface area contributed by atoms with Crippen LogP contribution in [0.5, 0.6) is 11.5 Å². The van der Waals surface area contributed by atoms with Gasteiger partial charge in [0.1, 0.15) is 0 Å². The van der Waals surface area contributed by atoms with Crippen molar-refractivity contribution in [1.29, 1.82) is 0 Å². The second-order valence-electron chi connectivity index (χ2n) is 6.30. The summed E-state index contributed by atoms with van der Waals surface area (Å²) in [4.78, 5) is 0. The van der Waals surface area contributed by atoms with Gasteiger partial charge in [-0.25, -0.2) is 0 Å². The van der Waals surface area contributed by atoms with Crippen molar-refractivity contribution in [1.82, 2.24) is 0 Å². The Kier molecular flexibility index (Phi) is 3.77. The summed E-state index contributed by atoms with van der Waals surface area (Å²) in [7, 11) is 3.37. The van der Waals surface area contributed by atoms with Gasteiger partial charge in [0.25, 0.3) is 0 Å². The lowest BCUT2D eigenvalue weighted by molar-refractivity contribution is 0.290. The van der Waals surface area contributed by atoms with Crippen molar-refractivity contribution in [3.05, 3.63) is 22.8 Å². The van der Waals surface area contributed by atoms with Gasteiger partial charge < -0.3 is 15.2 Å². The summed E-state index contributed by atoms with van der Waals surface area (Å²) >= 11 is 0. The minimum atomic E-state index is 0.0104. The Morgan fingerprint density at radius 1 is 1.26 bits per heavy atom. The van der Waals surface area contributed by atoms with Crippen molar-refractivity contribution in [2.24, 2.45) is 11.1 Å². The Morgan fingerprint density at radius 3 is 2.53 bits per heavy atom. The maximum atomic E-state index is 6.46. The maximum absolute atomic E-state index is 6.46. The Balaban J connectivity index is 2.62. The largest absolute Gasteiger partial charge is 0.493 e. The van der Waals surface area contributed by atoms with Crippen molar-refractivity contribution in [3.8, 4) is 11.5 Å². The second-order valence-corrected chi connectivity index (χ2v) is 6.30. The van der Waals surface area contributed by atoms with Crippen LogP contribution in [0.3, 0.4) is 0 Å². The quantitative estimate of drug-likeness (QED) is 0.832. The minimum absolute atomic E-state index is 0.0104. The lowest BCUT2D eigenvalue weighted by atomic mass is 9.83. The highest BCUT2D eigenvalue weighted by molar-refractivity contribution is 5.56. The van der Waals surface area contributed by atoms with Crippen LogP contribution in [0.2, 0.25) is 0 Å². The minimum Gasteiger partial charge on any atom is -0.493 e. The van der Waals surface area contributed by atoms with Crippen LogP contribution in [0, 0.1) is 12.3 Å². The zero-order valence-corrected chi connectivity index (χ0v) is 12.7. The summed E-state index contributed by atoms with van der Waals surface area (Å²) < 4.78 is 11.0. The van der Waals surface area contributed by atoms with E-state index in [0.717, 1.165) is 36.3 Å². The molecule has 2 rings (SSSR count). The van der Waals surface area contributed by atoms with Crippen LogP contribution >= 0.6 is 0 Å². The number of methoxy groups -OCH3 is 2. The van der Waals surface area contributed by atoms with Crippen LogP contribution in [0.1, 0.15) is 49.4 Å². The van der Waals surface area contributed by atoms with E-state index in [1.54, 1.807) is 14.2 Å². The highest BCUT2D eigenvalue weighted by Crippen LogP contribution is 2.46. The number of benzene rings is 1. The fourth-order valence-electron chi connectivity index (χ4n) is 3.18. The molecule has 1 aromatic carbocycles. The van der Waals surface area contributed by atoms with Gasteiger partial charge >= 0.3 is 0 Å². The average Bonchev–Trinajstić information content (AvgIpc) is 2.46. The first-order valence-electron chi connectivity index (χ1n) is 6.89. The van der Waals surface area contributed by atoms with Crippen molar-refractivity contribution >= 4 is 0 Å². The van der Waals surface area contributed by atoms with Crippen LogP contribution < -0.4 is 15.2 Å². The molecule has 0 heterocycles. The molecule has 0 saturated heterocycles. The van der Waals surface area contributed by atoms with Crippen molar-refractivity contribution in [3.63, 3.8) is 0 Å². The lowest BCUT2D eigenvalue weighted by Gasteiger charge is -2.25. The van der Waals surface area contributed by atoms with Gasteiger partial charge in [-0.2, -0.15) is 0 Å². The third-order valence-electron chi connectivity index (χ3n) is 4.24. The number of hydrogen-bond donors (Lipinski definition) is 1. The molecule has 0 saturated carbocycles. The molecule has 2 N–H and O–H groups in total. The van der Waals surface area contributed by atoms with Gasteiger partial charge in [0.2, 0.25) is 0 Å². The molecule has 19 heavy (non-hydrogen) atoms. The molecule has 3 nitrogen and oxygen atoms in total. The van der Waals surface area contributed by atoms with Gasteiger partial charge in [-0.1, -0.05) is 13.8 Å². The molecule has 1 unspecified atom stereocenters. The maximum Gasteiger partial charge on any atom is 0.165 e. The fraction of sp³-hybridized carbons (Fsp3) is 0.625. The number of ether oxygens (including phenoxy) is 2. The molecule has 3 heteroatoms. The monoisotopic (exact) mass is 263 g/mol. The average molecular weight is 263 g/mol. The number of rotatable bonds is 2. The summed E-state index contributed by atoms with van der Waals surface area (Å²) in [5.41, 5.74) is 10.5. The predicted molar refractivity (Wildman–Crippen MR) is 77.9 cm³/mol. The Hall–Kier alpha value is -1.22. The van der Waals surface area contributed by atoms with Crippen molar-refractivity contribution in [2.75, 3.05) is 14.2 Å². The fourth-order valence-corrected chi connectivity index (χ4v) is 3.18. The molecule has 0 bridgehead atoms. The van der Waals surface area contributed by atoms with Crippen LogP contribution in [0.4, 0.5) is 0 Å². The smallest absolute Gasteiger partial charge is 0.165 e. The normalized spacial score (nSPS) is 21.5. The van der Waals surface area contributed by atoms with E-state index in [4.69, 9.17) is 15.2 Å². The Labute approximate surface area is 116 Å². The highest BCUT2D eigenvalue weighted by Gasteiger charge is 2.31. The van der Waals surface area contributed by atoms with Gasteiger partial charge in [0.15, 0.2) is 11.5 Å². The topological polar surface area (TPSA) is 44.5 Å². The van der Waals surface area contributed by atoms with Gasteiger partial charge in [-0.15, -0.1) is 0 Å². The number of nitrogens with two attached hydrogens (primary N) is 1. The summed E-state index contributed by atoms with van der Waals surface area (Å²) in [6.07, 6.45) is 3.19. The molecule has 0 radical (unpaired) electrons. The van der Waals surface area contributed by atoms with Crippen molar-refractivity contribution < 1.29 is 9.47 Å². The van der Waals surface area contributed by atoms with Crippen LogP contribution in [0.25, 0.3) is 0 Å². The van der Waals surface area contributed by atoms with Gasteiger partial charge in [0, 0.05) is 11.6 Å². The van der Waals surface area contributed by atoms with E-state index in [2.05, 4.69) is 26.8 Å². The first kappa shape index (κ1) is 14.2. The summed E-state index contributed by atoms with van der Waals surface area (Å²) in [5.74, 6) is 1.60. The number of aryl methyl sites for hydroxylation is 1. The second kappa shape index (κ2) is 5.04. The van der Waals surface area contributed by atoms with E-state index in [0.29, 0.717) is 0 Å². The number of fused-ring (bicyclic) bond motifs is 1. The molecule has 1 aromatic rings. The molecule has 0 spiro atoms. The first-order valence-corrected chi connectivity index (χ1v) is 6.89. The van der Waals surface area contributed by atoms with Gasteiger partial charge in [0.05, 0.1) is 14.2 Å². The molecule has 0 fully saturated rings. The molecular weight excluding hydrogens is 238 g/mol. The van der Waals surface area contributed by atoms with E-state index >= 15 is 0 Å². The van der Waals surface area contributed by atoms with Gasteiger partial charge in [-0.05, 0) is 48.8 Å². The van der Waals surface area contributed by atoms with E-state index in [1.807, 2.05) is 0 Å².